The molecular weight excluding hydrogens is 767 g/mol. The summed E-state index contributed by atoms with van der Waals surface area (Å²) in [6.07, 6.45) is 1.64. The Labute approximate surface area is 389 Å². The predicted octanol–water partition coefficient (Wildman–Crippen LogP) is 16.0. The summed E-state index contributed by atoms with van der Waals surface area (Å²) in [6, 6.07) is 49.9. The van der Waals surface area contributed by atoms with E-state index in [-0.39, 0.29) is 28.7 Å². The van der Waals surface area contributed by atoms with Gasteiger partial charge in [0.05, 0.1) is 22.3 Å². The minimum absolute atomic E-state index is 0.0301. The van der Waals surface area contributed by atoms with E-state index < -0.39 is 32.8 Å². The van der Waals surface area contributed by atoms with E-state index in [2.05, 4.69) is 19.9 Å². The predicted molar refractivity (Wildman–Crippen MR) is 265 cm³/mol. The summed E-state index contributed by atoms with van der Waals surface area (Å²) in [5, 5.41) is 12.2. The summed E-state index contributed by atoms with van der Waals surface area (Å²) in [7, 11) is 0. The first-order valence-electron chi connectivity index (χ1n) is 27.2. The monoisotopic (exact) mass is 834 g/mol. The number of benzene rings is 7. The molecule has 7 aromatic carbocycles. The molecule has 0 aliphatic rings. The fourth-order valence-electron chi connectivity index (χ4n) is 8.35. The highest BCUT2D eigenvalue weighted by Gasteiger charge is 2.24. The van der Waals surface area contributed by atoms with Gasteiger partial charge in [-0.1, -0.05) is 157 Å². The van der Waals surface area contributed by atoms with E-state index in [1.54, 1.807) is 18.3 Å². The molecule has 0 aliphatic carbocycles. The lowest BCUT2D eigenvalue weighted by Crippen LogP contribution is -2.10. The van der Waals surface area contributed by atoms with E-state index in [0.717, 1.165) is 44.5 Å². The standard InChI is InChI=1S/C59H55N3O/c1-37(2)44-34-52(38(3)4)57(63)53(35-44)58-61-56-51(20-15-21-55(56)62(58)49-26-27-50(39(5)30-49)42-18-13-10-14-19-42)46-31-45(40-16-11-9-12-17-40)32-47(33-46)54-36-43(28-29-60-54)41-22-24-48(25-23-41)59(6,7)8/h9-38,63H,1-8H3/i5D3,6D3,7D3,8D3. The molecule has 2 aromatic heterocycles. The van der Waals surface area contributed by atoms with Crippen LogP contribution in [0.2, 0.25) is 0 Å². The topological polar surface area (TPSA) is 50.9 Å². The van der Waals surface area contributed by atoms with E-state index in [1.807, 2.05) is 140 Å². The van der Waals surface area contributed by atoms with Crippen LogP contribution in [0, 0.1) is 6.85 Å². The Morgan fingerprint density at radius 2 is 1.25 bits per heavy atom. The van der Waals surface area contributed by atoms with Crippen molar-refractivity contribution in [1.82, 2.24) is 14.5 Å². The lowest BCUT2D eigenvalue weighted by Gasteiger charge is -2.19. The highest BCUT2D eigenvalue weighted by molar-refractivity contribution is 5.98. The van der Waals surface area contributed by atoms with E-state index in [1.165, 1.54) is 24.3 Å². The Kier molecular flexibility index (Phi) is 7.75. The number of aromatic hydroxyl groups is 1. The molecule has 0 spiro atoms. The van der Waals surface area contributed by atoms with Gasteiger partial charge in [0.15, 0.2) is 0 Å². The van der Waals surface area contributed by atoms with Crippen molar-refractivity contribution in [1.29, 1.82) is 0 Å². The molecule has 9 aromatic rings. The molecule has 9 rings (SSSR count). The molecule has 4 heteroatoms. The molecule has 4 nitrogen and oxygen atoms in total. The third-order valence-electron chi connectivity index (χ3n) is 11.8. The number of hydrogen-bond acceptors (Lipinski definition) is 3. The Morgan fingerprint density at radius 3 is 1.95 bits per heavy atom. The van der Waals surface area contributed by atoms with Gasteiger partial charge in [-0.3, -0.25) is 9.55 Å². The van der Waals surface area contributed by atoms with Gasteiger partial charge in [-0.2, -0.15) is 0 Å². The maximum atomic E-state index is 12.2. The second kappa shape index (κ2) is 16.7. The maximum absolute atomic E-state index is 12.2. The zero-order valence-electron chi connectivity index (χ0n) is 47.6. The fourth-order valence-corrected chi connectivity index (χ4v) is 8.35. The molecule has 0 saturated heterocycles. The van der Waals surface area contributed by atoms with Gasteiger partial charge < -0.3 is 5.11 Å². The Morgan fingerprint density at radius 1 is 0.556 bits per heavy atom. The number of hydrogen-bond donors (Lipinski definition) is 1. The first-order chi connectivity index (χ1) is 35.3. The summed E-state index contributed by atoms with van der Waals surface area (Å²) < 4.78 is 102. The minimum Gasteiger partial charge on any atom is -0.507 e. The third kappa shape index (κ3) is 8.10. The highest BCUT2D eigenvalue weighted by Crippen LogP contribution is 2.43. The Balaban J connectivity index is 1.26. The van der Waals surface area contributed by atoms with Gasteiger partial charge in [-0.05, 0) is 140 Å². The highest BCUT2D eigenvalue weighted by atomic mass is 16.3. The summed E-state index contributed by atoms with van der Waals surface area (Å²) in [5.41, 5.74) is 7.98. The van der Waals surface area contributed by atoms with Gasteiger partial charge >= 0.3 is 0 Å². The molecule has 0 bridgehead atoms. The number of fused-ring (bicyclic) bond motifs is 1. The molecule has 0 unspecified atom stereocenters. The number of aryl methyl sites for hydroxylation is 1. The van der Waals surface area contributed by atoms with Crippen molar-refractivity contribution in [2.75, 3.05) is 0 Å². The molecule has 0 amide bonds. The number of phenols is 1. The number of phenolic OH excluding ortho intramolecular Hbond substituents is 1. The number of para-hydroxylation sites is 1. The van der Waals surface area contributed by atoms with Crippen molar-refractivity contribution < 1.29 is 21.6 Å². The second-order valence-corrected chi connectivity index (χ2v) is 16.8. The number of aromatic nitrogens is 3. The van der Waals surface area contributed by atoms with Crippen LogP contribution < -0.4 is 0 Å². The smallest absolute Gasteiger partial charge is 0.149 e. The van der Waals surface area contributed by atoms with Crippen LogP contribution in [0.1, 0.15) is 98.8 Å². The van der Waals surface area contributed by atoms with Crippen molar-refractivity contribution in [3.8, 4) is 78.6 Å². The molecular formula is C59H55N3O. The molecule has 312 valence electrons. The molecule has 0 saturated carbocycles. The Hall–Kier alpha value is -7.04. The average Bonchev–Trinajstić information content (AvgIpc) is 3.78. The number of pyridine rings is 1. The SMILES string of the molecule is [2H]C([2H])([2H])c1cc(-n2c(-c3cc(C(C)C)cc(C(C)C)c3O)nc3c(-c4cc(-c5ccccc5)cc(-c5cc(-c6ccc(C(C([2H])([2H])[2H])(C([2H])([2H])[2H])C([2H])([2H])[2H])cc6)ccn5)c4)cccc32)ccc1-c1ccccc1. The summed E-state index contributed by atoms with van der Waals surface area (Å²) in [4.78, 5) is 10.3. The second-order valence-electron chi connectivity index (χ2n) is 16.8. The molecule has 2 heterocycles. The van der Waals surface area contributed by atoms with Crippen molar-refractivity contribution >= 4 is 11.0 Å². The van der Waals surface area contributed by atoms with Gasteiger partial charge in [0.25, 0.3) is 0 Å². The van der Waals surface area contributed by atoms with Gasteiger partial charge in [-0.15, -0.1) is 0 Å². The van der Waals surface area contributed by atoms with Crippen LogP contribution in [0.4, 0.5) is 0 Å². The van der Waals surface area contributed by atoms with Crippen molar-refractivity contribution in [3.63, 3.8) is 0 Å². The largest absolute Gasteiger partial charge is 0.507 e. The lowest BCUT2D eigenvalue weighted by molar-refractivity contribution is 0.466. The van der Waals surface area contributed by atoms with Gasteiger partial charge in [0.1, 0.15) is 11.6 Å². The maximum Gasteiger partial charge on any atom is 0.149 e. The van der Waals surface area contributed by atoms with Crippen LogP contribution >= 0.6 is 0 Å². The normalized spacial score (nSPS) is 15.5. The minimum atomic E-state index is -3.39. The van der Waals surface area contributed by atoms with Gasteiger partial charge in [0.2, 0.25) is 0 Å². The van der Waals surface area contributed by atoms with Crippen molar-refractivity contribution in [2.24, 2.45) is 0 Å². The molecule has 0 radical (unpaired) electrons. The zero-order chi connectivity index (χ0) is 54.0. The Bertz CT molecular complexity index is 3520. The van der Waals surface area contributed by atoms with Crippen molar-refractivity contribution in [3.05, 3.63) is 192 Å². The van der Waals surface area contributed by atoms with Crippen LogP contribution in [0.3, 0.4) is 0 Å². The van der Waals surface area contributed by atoms with Crippen LogP contribution in [0.15, 0.2) is 170 Å². The van der Waals surface area contributed by atoms with E-state index in [9.17, 15) is 5.11 Å². The van der Waals surface area contributed by atoms with Crippen LogP contribution in [-0.4, -0.2) is 19.6 Å². The van der Waals surface area contributed by atoms with Crippen LogP contribution in [-0.2, 0) is 5.41 Å². The summed E-state index contributed by atoms with van der Waals surface area (Å²) >= 11 is 0. The van der Waals surface area contributed by atoms with Crippen molar-refractivity contribution in [2.45, 2.75) is 72.4 Å². The lowest BCUT2D eigenvalue weighted by atomic mass is 9.86. The first kappa shape index (κ1) is 29.3. The fraction of sp³-hybridized carbons (Fsp3) is 0.186. The van der Waals surface area contributed by atoms with Crippen LogP contribution in [0.5, 0.6) is 5.75 Å². The van der Waals surface area contributed by atoms with Crippen LogP contribution in [0.25, 0.3) is 83.9 Å². The summed E-state index contributed by atoms with van der Waals surface area (Å²) in [5.74, 6) is 0.594. The molecule has 0 atom stereocenters. The number of rotatable bonds is 9. The third-order valence-corrected chi connectivity index (χ3v) is 11.8. The molecule has 63 heavy (non-hydrogen) atoms. The van der Waals surface area contributed by atoms with E-state index in [4.69, 9.17) is 26.4 Å². The van der Waals surface area contributed by atoms with E-state index >= 15 is 0 Å². The average molecular weight is 834 g/mol. The number of imidazole rings is 1. The first-order valence-corrected chi connectivity index (χ1v) is 21.2. The molecule has 1 N–H and O–H groups in total. The summed E-state index contributed by atoms with van der Waals surface area (Å²) in [6.45, 7) is -4.40. The zero-order valence-corrected chi connectivity index (χ0v) is 35.6. The number of nitrogens with zero attached hydrogens (tertiary/aromatic N) is 3. The molecule has 0 fully saturated rings. The quantitative estimate of drug-likeness (QED) is 0.158. The molecule has 0 aliphatic heterocycles. The van der Waals surface area contributed by atoms with Gasteiger partial charge in [-0.25, -0.2) is 4.98 Å². The van der Waals surface area contributed by atoms with Gasteiger partial charge in [0, 0.05) is 39.5 Å². The van der Waals surface area contributed by atoms with E-state index in [0.29, 0.717) is 50.5 Å².